The summed E-state index contributed by atoms with van der Waals surface area (Å²) in [5, 5.41) is 32.3. The molecule has 0 radical (unpaired) electrons. The van der Waals surface area contributed by atoms with Crippen molar-refractivity contribution in [2.24, 2.45) is 17.8 Å². The topological polar surface area (TPSA) is 150 Å². The summed E-state index contributed by atoms with van der Waals surface area (Å²) in [7, 11) is 0. The lowest BCUT2D eigenvalue weighted by Crippen LogP contribution is -2.57. The molecule has 2 aromatic rings. The van der Waals surface area contributed by atoms with E-state index in [1.807, 2.05) is 32.1 Å². The van der Waals surface area contributed by atoms with Crippen LogP contribution in [0, 0.1) is 23.6 Å². The van der Waals surface area contributed by atoms with Gasteiger partial charge in [0.05, 0.1) is 30.1 Å². The van der Waals surface area contributed by atoms with Gasteiger partial charge < -0.3 is 30.1 Å². The van der Waals surface area contributed by atoms with Crippen molar-refractivity contribution in [1.29, 1.82) is 0 Å². The number of aromatic nitrogens is 3. The first-order valence-electron chi connectivity index (χ1n) is 16.7. The Balaban J connectivity index is 1.44. The lowest BCUT2D eigenvalue weighted by molar-refractivity contribution is -0.151. The SMILES string of the molecule is CC(=O)N1CCC(n2nnc3c(F)cc(/C=C(\C)[C@H]4OC(=O)C[C@H](O)CC[C@H](C)[C@@H](C5CNCCN5C(=O)O)/C=C/[C@@H]4C)cc32)CC1. The Kier molecular flexibility index (Phi) is 11.0. The third-order valence-corrected chi connectivity index (χ3v) is 10.0. The van der Waals surface area contributed by atoms with Gasteiger partial charge in [0.2, 0.25) is 5.91 Å². The van der Waals surface area contributed by atoms with Gasteiger partial charge in [-0.15, -0.1) is 5.10 Å². The Hall–Kier alpha value is -3.84. The smallest absolute Gasteiger partial charge is 0.407 e. The lowest BCUT2D eigenvalue weighted by Gasteiger charge is -2.40. The van der Waals surface area contributed by atoms with Gasteiger partial charge in [0.1, 0.15) is 11.6 Å². The number of nitrogens with one attached hydrogen (secondary N) is 1. The molecule has 2 amide bonds. The summed E-state index contributed by atoms with van der Waals surface area (Å²) < 4.78 is 23.1. The molecule has 6 atom stereocenters. The number of piperazine rings is 1. The van der Waals surface area contributed by atoms with E-state index in [1.165, 1.54) is 11.0 Å². The minimum absolute atomic E-state index is 0.0223. The molecule has 47 heavy (non-hydrogen) atoms. The van der Waals surface area contributed by atoms with Crippen molar-refractivity contribution in [2.45, 2.75) is 84.1 Å². The maximum Gasteiger partial charge on any atom is 0.407 e. The predicted octanol–water partition coefficient (Wildman–Crippen LogP) is 4.01. The average molecular weight is 655 g/mol. The third kappa shape index (κ3) is 8.01. The Labute approximate surface area is 274 Å². The minimum Gasteiger partial charge on any atom is -0.465 e. The standard InChI is InChI=1S/C34H47FN6O6/c1-20-5-7-26(43)18-31(44)47-33(21(2)6-8-27(20)30-19-36-11-14-40(30)34(45)46)22(3)15-24-16-28(35)32-29(17-24)41(38-37-32)25-9-12-39(13-10-25)23(4)42/h6,8,15-17,20-21,25-27,30,33,36,43H,5,7,9-14,18-19H2,1-4H3,(H,45,46)/b8-6+,22-15+/t20-,21-,26+,27-,30?,33-/m0/s1. The summed E-state index contributed by atoms with van der Waals surface area (Å²) >= 11 is 0. The van der Waals surface area contributed by atoms with Crippen LogP contribution >= 0.6 is 0 Å². The number of carbonyl (C=O) groups excluding carboxylic acids is 2. The molecule has 256 valence electrons. The van der Waals surface area contributed by atoms with Crippen molar-refractivity contribution >= 4 is 35.1 Å². The molecular weight excluding hydrogens is 607 g/mol. The second kappa shape index (κ2) is 14.9. The fourth-order valence-electron chi connectivity index (χ4n) is 7.30. The molecule has 1 aromatic heterocycles. The monoisotopic (exact) mass is 654 g/mol. The first kappa shape index (κ1) is 34.5. The number of rotatable bonds is 4. The highest BCUT2D eigenvalue weighted by Gasteiger charge is 2.35. The number of fused-ring (bicyclic) bond motifs is 1. The summed E-state index contributed by atoms with van der Waals surface area (Å²) in [5.74, 6) is -1.38. The Bertz CT molecular complexity index is 1520. The van der Waals surface area contributed by atoms with Crippen LogP contribution in [0.25, 0.3) is 17.1 Å². The van der Waals surface area contributed by atoms with Gasteiger partial charge in [0.15, 0.2) is 5.82 Å². The number of likely N-dealkylation sites (tertiary alicyclic amines) is 1. The number of halogens is 1. The predicted molar refractivity (Wildman–Crippen MR) is 174 cm³/mol. The van der Waals surface area contributed by atoms with E-state index in [1.54, 1.807) is 22.6 Å². The number of piperidine rings is 1. The van der Waals surface area contributed by atoms with Crippen molar-refractivity contribution in [1.82, 2.24) is 30.1 Å². The normalized spacial score (nSPS) is 29.6. The highest BCUT2D eigenvalue weighted by molar-refractivity contribution is 5.79. The molecule has 0 spiro atoms. The summed E-state index contributed by atoms with van der Waals surface area (Å²) in [4.78, 5) is 40.2. The molecule has 0 bridgehead atoms. The van der Waals surface area contributed by atoms with Gasteiger partial charge in [-0.2, -0.15) is 0 Å². The lowest BCUT2D eigenvalue weighted by atomic mass is 9.80. The number of carboxylic acid groups (broad SMARTS) is 1. The molecule has 3 aliphatic rings. The molecule has 0 aliphatic carbocycles. The fourth-order valence-corrected chi connectivity index (χ4v) is 7.30. The van der Waals surface area contributed by atoms with Gasteiger partial charge in [0.25, 0.3) is 0 Å². The van der Waals surface area contributed by atoms with Crippen LogP contribution in [0.1, 0.15) is 71.4 Å². The Morgan fingerprint density at radius 1 is 1.09 bits per heavy atom. The van der Waals surface area contributed by atoms with E-state index in [2.05, 4.69) is 22.6 Å². The van der Waals surface area contributed by atoms with E-state index >= 15 is 4.39 Å². The van der Waals surface area contributed by atoms with E-state index in [0.717, 1.165) is 0 Å². The second-order valence-corrected chi connectivity index (χ2v) is 13.4. The molecule has 5 rings (SSSR count). The zero-order chi connectivity index (χ0) is 33.8. The number of hydrogen-bond acceptors (Lipinski definition) is 8. The van der Waals surface area contributed by atoms with Gasteiger partial charge in [-0.05, 0) is 61.8 Å². The first-order valence-corrected chi connectivity index (χ1v) is 16.7. The second-order valence-electron chi connectivity index (χ2n) is 13.4. The largest absolute Gasteiger partial charge is 0.465 e. The zero-order valence-electron chi connectivity index (χ0n) is 27.6. The van der Waals surface area contributed by atoms with Crippen molar-refractivity contribution in [3.63, 3.8) is 0 Å². The van der Waals surface area contributed by atoms with Crippen molar-refractivity contribution < 1.29 is 33.7 Å². The number of ether oxygens (including phenoxy) is 1. The van der Waals surface area contributed by atoms with Crippen molar-refractivity contribution in [3.05, 3.63) is 41.2 Å². The molecule has 2 saturated heterocycles. The molecule has 3 N–H and O–H groups in total. The Morgan fingerprint density at radius 2 is 1.83 bits per heavy atom. The average Bonchev–Trinajstić information content (AvgIpc) is 3.46. The van der Waals surface area contributed by atoms with Gasteiger partial charge in [-0.1, -0.05) is 37.3 Å². The summed E-state index contributed by atoms with van der Waals surface area (Å²) in [5.41, 5.74) is 1.97. The highest BCUT2D eigenvalue weighted by atomic mass is 19.1. The van der Waals surface area contributed by atoms with Crippen LogP contribution < -0.4 is 5.32 Å². The van der Waals surface area contributed by atoms with E-state index in [0.29, 0.717) is 75.1 Å². The van der Waals surface area contributed by atoms with Crippen LogP contribution in [0.2, 0.25) is 0 Å². The van der Waals surface area contributed by atoms with Crippen LogP contribution in [0.3, 0.4) is 0 Å². The Morgan fingerprint density at radius 3 is 2.53 bits per heavy atom. The van der Waals surface area contributed by atoms with Gasteiger partial charge in [0, 0.05) is 51.5 Å². The van der Waals surface area contributed by atoms with Crippen molar-refractivity contribution in [3.8, 4) is 0 Å². The van der Waals surface area contributed by atoms with E-state index in [-0.39, 0.29) is 47.7 Å². The number of esters is 1. The van der Waals surface area contributed by atoms with Gasteiger partial charge in [-0.3, -0.25) is 9.59 Å². The van der Waals surface area contributed by atoms with E-state index < -0.39 is 30.1 Å². The molecule has 0 saturated carbocycles. The van der Waals surface area contributed by atoms with Gasteiger partial charge >= 0.3 is 12.1 Å². The van der Waals surface area contributed by atoms with E-state index in [9.17, 15) is 24.6 Å². The van der Waals surface area contributed by atoms with Crippen LogP contribution in [0.4, 0.5) is 9.18 Å². The first-order chi connectivity index (χ1) is 22.4. The minimum atomic E-state index is -0.954. The number of amides is 2. The number of nitrogens with zero attached hydrogens (tertiary/aromatic N) is 5. The summed E-state index contributed by atoms with van der Waals surface area (Å²) in [6.07, 6.45) is 5.50. The quantitative estimate of drug-likeness (QED) is 0.328. The molecule has 1 aromatic carbocycles. The summed E-state index contributed by atoms with van der Waals surface area (Å²) in [6.45, 7) is 10.1. The number of cyclic esters (lactones) is 1. The van der Waals surface area contributed by atoms with Crippen molar-refractivity contribution in [2.75, 3.05) is 32.7 Å². The maximum absolute atomic E-state index is 15.3. The van der Waals surface area contributed by atoms with Crippen LogP contribution in [-0.2, 0) is 14.3 Å². The molecule has 3 aliphatic heterocycles. The number of hydrogen-bond donors (Lipinski definition) is 3. The molecule has 13 heteroatoms. The van der Waals surface area contributed by atoms with Gasteiger partial charge in [-0.25, -0.2) is 13.9 Å². The zero-order valence-corrected chi connectivity index (χ0v) is 27.6. The number of aliphatic hydroxyl groups is 1. The third-order valence-electron chi connectivity index (χ3n) is 10.0. The fraction of sp³-hybridized carbons (Fsp3) is 0.618. The molecular formula is C34H47FN6O6. The molecule has 1 unspecified atom stereocenters. The van der Waals surface area contributed by atoms with Crippen LogP contribution in [0.15, 0.2) is 29.9 Å². The van der Waals surface area contributed by atoms with Crippen LogP contribution in [0.5, 0.6) is 0 Å². The van der Waals surface area contributed by atoms with E-state index in [4.69, 9.17) is 4.74 Å². The summed E-state index contributed by atoms with van der Waals surface area (Å²) in [6, 6.07) is 2.92. The number of carbonyl (C=O) groups is 3. The number of aliphatic hydroxyl groups excluding tert-OH is 1. The maximum atomic E-state index is 15.3. The molecule has 12 nitrogen and oxygen atoms in total. The van der Waals surface area contributed by atoms with Crippen LogP contribution in [-0.4, -0.2) is 104 Å². The highest BCUT2D eigenvalue weighted by Crippen LogP contribution is 2.32. The molecule has 2 fully saturated rings. The molecule has 4 heterocycles. The number of benzene rings is 1.